The van der Waals surface area contributed by atoms with Gasteiger partial charge in [0.1, 0.15) is 0 Å². The van der Waals surface area contributed by atoms with Crippen LogP contribution in [0.3, 0.4) is 0 Å². The predicted molar refractivity (Wildman–Crippen MR) is 75.8 cm³/mol. The number of anilines is 1. The zero-order chi connectivity index (χ0) is 14.2. The monoisotopic (exact) mass is 260 g/mol. The number of ketones is 1. The molecular formula is C15H20N2O2. The molecule has 0 bridgehead atoms. The van der Waals surface area contributed by atoms with Crippen molar-refractivity contribution in [3.8, 4) is 0 Å². The Hall–Kier alpha value is -1.68. The van der Waals surface area contributed by atoms with E-state index in [1.54, 1.807) is 11.9 Å². The van der Waals surface area contributed by atoms with Gasteiger partial charge >= 0.3 is 0 Å². The average molecular weight is 260 g/mol. The molecule has 102 valence electrons. The quantitative estimate of drug-likeness (QED) is 0.839. The first kappa shape index (κ1) is 13.7. The fourth-order valence-electron chi connectivity index (χ4n) is 2.53. The number of carbonyl (C=O) groups excluding carboxylic acids is 2. The molecule has 0 aromatic heterocycles. The third kappa shape index (κ3) is 2.16. The van der Waals surface area contributed by atoms with Crippen LogP contribution in [-0.4, -0.2) is 32.3 Å². The number of hydrogen-bond donors (Lipinski definition) is 1. The van der Waals surface area contributed by atoms with Crippen LogP contribution in [0.2, 0.25) is 0 Å². The molecule has 0 aliphatic carbocycles. The topological polar surface area (TPSA) is 49.4 Å². The van der Waals surface area contributed by atoms with E-state index >= 15 is 0 Å². The molecule has 4 heteroatoms. The number of hydrogen-bond acceptors (Lipinski definition) is 3. The molecule has 0 saturated heterocycles. The van der Waals surface area contributed by atoms with E-state index in [-0.39, 0.29) is 11.7 Å². The van der Waals surface area contributed by atoms with E-state index < -0.39 is 5.41 Å². The molecule has 0 fully saturated rings. The normalized spacial score (nSPS) is 16.6. The summed E-state index contributed by atoms with van der Waals surface area (Å²) in [5.41, 5.74) is 1.98. The number of benzene rings is 1. The van der Waals surface area contributed by atoms with Crippen LogP contribution in [0.4, 0.5) is 5.69 Å². The van der Waals surface area contributed by atoms with Crippen molar-refractivity contribution < 1.29 is 9.59 Å². The lowest BCUT2D eigenvalue weighted by atomic mass is 9.85. The van der Waals surface area contributed by atoms with E-state index in [1.807, 2.05) is 39.1 Å². The van der Waals surface area contributed by atoms with Gasteiger partial charge in [-0.15, -0.1) is 0 Å². The minimum absolute atomic E-state index is 0.0716. The van der Waals surface area contributed by atoms with Crippen molar-refractivity contribution >= 4 is 17.4 Å². The maximum absolute atomic E-state index is 12.2. The molecular weight excluding hydrogens is 240 g/mol. The van der Waals surface area contributed by atoms with E-state index in [1.165, 1.54) is 0 Å². The molecule has 1 N–H and O–H groups in total. The number of Topliss-reactive ketones (excluding diaryl/α,β-unsaturated/α-hetero) is 1. The summed E-state index contributed by atoms with van der Waals surface area (Å²) in [7, 11) is 3.60. The van der Waals surface area contributed by atoms with Crippen LogP contribution in [0.25, 0.3) is 0 Å². The summed E-state index contributed by atoms with van der Waals surface area (Å²) < 4.78 is 0. The van der Waals surface area contributed by atoms with Gasteiger partial charge in [0.05, 0.1) is 5.41 Å². The molecule has 0 spiro atoms. The highest BCUT2D eigenvalue weighted by atomic mass is 16.2. The summed E-state index contributed by atoms with van der Waals surface area (Å²) in [6.45, 7) is 4.47. The molecule has 19 heavy (non-hydrogen) atoms. The third-order valence-corrected chi connectivity index (χ3v) is 3.79. The first-order valence-corrected chi connectivity index (χ1v) is 6.50. The number of fused-ring (bicyclic) bond motifs is 1. The summed E-state index contributed by atoms with van der Waals surface area (Å²) in [4.78, 5) is 25.9. The fraction of sp³-hybridized carbons (Fsp3) is 0.467. The first-order valence-electron chi connectivity index (χ1n) is 6.50. The van der Waals surface area contributed by atoms with Gasteiger partial charge in [-0.2, -0.15) is 0 Å². The van der Waals surface area contributed by atoms with Gasteiger partial charge in [0.25, 0.3) is 0 Å². The van der Waals surface area contributed by atoms with Crippen LogP contribution in [0, 0.1) is 0 Å². The Morgan fingerprint density at radius 3 is 2.68 bits per heavy atom. The molecule has 1 aromatic rings. The van der Waals surface area contributed by atoms with Gasteiger partial charge in [0.15, 0.2) is 5.78 Å². The van der Waals surface area contributed by atoms with Gasteiger partial charge in [-0.25, -0.2) is 0 Å². The molecule has 1 aliphatic heterocycles. The Kier molecular flexibility index (Phi) is 3.45. The number of nitrogens with one attached hydrogen (secondary N) is 1. The van der Waals surface area contributed by atoms with Crippen LogP contribution < -0.4 is 10.2 Å². The van der Waals surface area contributed by atoms with E-state index in [0.717, 1.165) is 11.3 Å². The highest BCUT2D eigenvalue weighted by Gasteiger charge is 2.42. The molecule has 2 rings (SSSR count). The maximum atomic E-state index is 12.2. The summed E-state index contributed by atoms with van der Waals surface area (Å²) in [6, 6.07) is 5.55. The van der Waals surface area contributed by atoms with Crippen molar-refractivity contribution in [2.24, 2.45) is 0 Å². The molecule has 0 unspecified atom stereocenters. The number of nitrogens with zero attached hydrogens (tertiary/aromatic N) is 1. The Morgan fingerprint density at radius 1 is 1.37 bits per heavy atom. The van der Waals surface area contributed by atoms with Crippen molar-refractivity contribution in [1.82, 2.24) is 5.32 Å². The predicted octanol–water partition coefficient (Wildman–Crippen LogP) is 1.73. The van der Waals surface area contributed by atoms with Gasteiger partial charge in [-0.1, -0.05) is 0 Å². The Balaban J connectivity index is 2.38. The Morgan fingerprint density at radius 2 is 2.05 bits per heavy atom. The Labute approximate surface area is 113 Å². The number of amides is 1. The van der Waals surface area contributed by atoms with Gasteiger partial charge < -0.3 is 10.2 Å². The lowest BCUT2D eigenvalue weighted by molar-refractivity contribution is -0.121. The van der Waals surface area contributed by atoms with Crippen molar-refractivity contribution in [1.29, 1.82) is 0 Å². The zero-order valence-corrected chi connectivity index (χ0v) is 11.9. The molecule has 1 amide bonds. The number of rotatable bonds is 4. The number of carbonyl (C=O) groups is 2. The molecule has 1 aliphatic rings. The summed E-state index contributed by atoms with van der Waals surface area (Å²) in [5, 5.41) is 2.97. The SMILES string of the molecule is CNCCC(=O)c1ccc2c(c1)C(C)(C)C(=O)N2C. The van der Waals surface area contributed by atoms with E-state index in [2.05, 4.69) is 5.32 Å². The van der Waals surface area contributed by atoms with Crippen LogP contribution in [0.5, 0.6) is 0 Å². The Bertz CT molecular complexity index is 535. The van der Waals surface area contributed by atoms with Crippen molar-refractivity contribution in [3.63, 3.8) is 0 Å². The van der Waals surface area contributed by atoms with Crippen molar-refractivity contribution in [3.05, 3.63) is 29.3 Å². The second-order valence-electron chi connectivity index (χ2n) is 5.50. The van der Waals surface area contributed by atoms with Crippen LogP contribution in [0.1, 0.15) is 36.2 Å². The fourth-order valence-corrected chi connectivity index (χ4v) is 2.53. The van der Waals surface area contributed by atoms with Gasteiger partial charge in [0, 0.05) is 31.3 Å². The van der Waals surface area contributed by atoms with Crippen LogP contribution in [-0.2, 0) is 10.2 Å². The number of likely N-dealkylation sites (N-methyl/N-ethyl adjacent to an activating group) is 1. The maximum Gasteiger partial charge on any atom is 0.236 e. The molecule has 1 heterocycles. The van der Waals surface area contributed by atoms with Crippen molar-refractivity contribution in [2.75, 3.05) is 25.5 Å². The second kappa shape index (κ2) is 4.78. The molecule has 0 atom stereocenters. The molecule has 0 radical (unpaired) electrons. The second-order valence-corrected chi connectivity index (χ2v) is 5.50. The van der Waals surface area contributed by atoms with E-state index in [4.69, 9.17) is 0 Å². The van der Waals surface area contributed by atoms with E-state index in [9.17, 15) is 9.59 Å². The lowest BCUT2D eigenvalue weighted by Crippen LogP contribution is -2.33. The van der Waals surface area contributed by atoms with Crippen LogP contribution in [0.15, 0.2) is 18.2 Å². The summed E-state index contributed by atoms with van der Waals surface area (Å²) in [6.07, 6.45) is 0.472. The van der Waals surface area contributed by atoms with E-state index in [0.29, 0.717) is 18.5 Å². The molecule has 0 saturated carbocycles. The lowest BCUT2D eigenvalue weighted by Gasteiger charge is -2.16. The van der Waals surface area contributed by atoms with Crippen molar-refractivity contribution in [2.45, 2.75) is 25.7 Å². The van der Waals surface area contributed by atoms with Gasteiger partial charge in [0.2, 0.25) is 5.91 Å². The minimum atomic E-state index is -0.552. The summed E-state index contributed by atoms with van der Waals surface area (Å²) >= 11 is 0. The largest absolute Gasteiger partial charge is 0.319 e. The zero-order valence-electron chi connectivity index (χ0n) is 11.9. The minimum Gasteiger partial charge on any atom is -0.319 e. The smallest absolute Gasteiger partial charge is 0.236 e. The first-order chi connectivity index (χ1) is 8.89. The highest BCUT2D eigenvalue weighted by Crippen LogP contribution is 2.41. The van der Waals surface area contributed by atoms with Crippen LogP contribution >= 0.6 is 0 Å². The standard InChI is InChI=1S/C15H20N2O2/c1-15(2)11-9-10(13(18)7-8-16-3)5-6-12(11)17(4)14(15)19/h5-6,9,16H,7-8H2,1-4H3. The highest BCUT2D eigenvalue weighted by molar-refractivity contribution is 6.08. The molecule has 4 nitrogen and oxygen atoms in total. The molecule has 1 aromatic carbocycles. The van der Waals surface area contributed by atoms with Gasteiger partial charge in [-0.3, -0.25) is 9.59 Å². The van der Waals surface area contributed by atoms with Gasteiger partial charge in [-0.05, 0) is 44.7 Å². The third-order valence-electron chi connectivity index (χ3n) is 3.79. The average Bonchev–Trinajstić information content (AvgIpc) is 2.57. The summed E-state index contributed by atoms with van der Waals surface area (Å²) in [5.74, 6) is 0.178.